The van der Waals surface area contributed by atoms with Crippen LogP contribution in [0, 0.1) is 17.1 Å². The van der Waals surface area contributed by atoms with Gasteiger partial charge in [-0.05, 0) is 36.8 Å². The largest absolute Gasteiger partial charge is 0.497 e. The van der Waals surface area contributed by atoms with Crippen molar-refractivity contribution < 1.29 is 9.13 Å². The topological polar surface area (TPSA) is 45.0 Å². The van der Waals surface area contributed by atoms with E-state index in [1.807, 2.05) is 6.92 Å². The lowest BCUT2D eigenvalue weighted by Gasteiger charge is -2.17. The van der Waals surface area contributed by atoms with Crippen LogP contribution in [0.4, 0.5) is 10.1 Å². The van der Waals surface area contributed by atoms with Crippen molar-refractivity contribution in [1.82, 2.24) is 0 Å². The number of anilines is 1. The summed E-state index contributed by atoms with van der Waals surface area (Å²) in [6.07, 6.45) is 0. The highest BCUT2D eigenvalue weighted by Gasteiger charge is 2.09. The zero-order valence-electron chi connectivity index (χ0n) is 11.4. The maximum atomic E-state index is 12.9. The van der Waals surface area contributed by atoms with Gasteiger partial charge in [-0.25, -0.2) is 4.39 Å². The second kappa shape index (κ2) is 6.07. The van der Waals surface area contributed by atoms with Crippen LogP contribution in [0.2, 0.25) is 0 Å². The number of hydrogen-bond acceptors (Lipinski definition) is 3. The van der Waals surface area contributed by atoms with E-state index in [-0.39, 0.29) is 11.9 Å². The Balaban J connectivity index is 2.24. The van der Waals surface area contributed by atoms with Gasteiger partial charge >= 0.3 is 0 Å². The third kappa shape index (κ3) is 3.07. The van der Waals surface area contributed by atoms with Crippen molar-refractivity contribution in [3.05, 3.63) is 59.4 Å². The van der Waals surface area contributed by atoms with E-state index in [4.69, 9.17) is 10.00 Å². The molecule has 1 atom stereocenters. The van der Waals surface area contributed by atoms with E-state index in [9.17, 15) is 4.39 Å². The van der Waals surface area contributed by atoms with E-state index >= 15 is 0 Å². The number of halogens is 1. The Morgan fingerprint density at radius 3 is 2.50 bits per heavy atom. The van der Waals surface area contributed by atoms with Gasteiger partial charge in [-0.2, -0.15) is 5.26 Å². The molecule has 0 aliphatic heterocycles. The van der Waals surface area contributed by atoms with Crippen LogP contribution in [-0.2, 0) is 0 Å². The Hall–Kier alpha value is -2.54. The first-order chi connectivity index (χ1) is 9.63. The van der Waals surface area contributed by atoms with Crippen LogP contribution in [0.5, 0.6) is 5.75 Å². The number of ether oxygens (including phenoxy) is 1. The molecule has 2 aromatic carbocycles. The molecule has 0 heterocycles. The lowest BCUT2D eigenvalue weighted by molar-refractivity contribution is 0.415. The quantitative estimate of drug-likeness (QED) is 0.917. The van der Waals surface area contributed by atoms with Crippen LogP contribution in [0.3, 0.4) is 0 Å². The van der Waals surface area contributed by atoms with Crippen molar-refractivity contribution in [2.45, 2.75) is 13.0 Å². The number of rotatable bonds is 4. The van der Waals surface area contributed by atoms with E-state index < -0.39 is 0 Å². The molecule has 102 valence electrons. The Bertz CT molecular complexity index is 632. The highest BCUT2D eigenvalue weighted by molar-refractivity contribution is 5.61. The number of benzene rings is 2. The van der Waals surface area contributed by atoms with Gasteiger partial charge < -0.3 is 10.1 Å². The molecule has 4 heteroatoms. The van der Waals surface area contributed by atoms with E-state index in [0.29, 0.717) is 17.0 Å². The molecule has 0 bridgehead atoms. The van der Waals surface area contributed by atoms with Crippen molar-refractivity contribution in [3.63, 3.8) is 0 Å². The summed E-state index contributed by atoms with van der Waals surface area (Å²) >= 11 is 0. The van der Waals surface area contributed by atoms with E-state index in [0.717, 1.165) is 5.56 Å². The van der Waals surface area contributed by atoms with Crippen LogP contribution in [0.15, 0.2) is 42.5 Å². The van der Waals surface area contributed by atoms with E-state index in [2.05, 4.69) is 11.4 Å². The summed E-state index contributed by atoms with van der Waals surface area (Å²) in [5.41, 5.74) is 2.18. The minimum absolute atomic E-state index is 0.0465. The summed E-state index contributed by atoms with van der Waals surface area (Å²) in [6.45, 7) is 1.95. The number of hydrogen-bond donors (Lipinski definition) is 1. The highest BCUT2D eigenvalue weighted by Crippen LogP contribution is 2.26. The van der Waals surface area contributed by atoms with E-state index in [1.165, 1.54) is 12.1 Å². The van der Waals surface area contributed by atoms with E-state index in [1.54, 1.807) is 37.4 Å². The summed E-state index contributed by atoms with van der Waals surface area (Å²) in [4.78, 5) is 0. The molecule has 1 unspecified atom stereocenters. The lowest BCUT2D eigenvalue weighted by atomic mass is 10.1. The maximum absolute atomic E-state index is 12.9. The first-order valence-electron chi connectivity index (χ1n) is 6.24. The number of nitrogens with one attached hydrogen (secondary N) is 1. The third-order valence-corrected chi connectivity index (χ3v) is 3.09. The summed E-state index contributed by atoms with van der Waals surface area (Å²) in [6, 6.07) is 13.6. The predicted molar refractivity (Wildman–Crippen MR) is 76.1 cm³/mol. The first-order valence-corrected chi connectivity index (χ1v) is 6.24. The van der Waals surface area contributed by atoms with Gasteiger partial charge in [0.1, 0.15) is 17.6 Å². The Morgan fingerprint density at radius 1 is 1.20 bits per heavy atom. The normalized spacial score (nSPS) is 11.5. The maximum Gasteiger partial charge on any atom is 0.123 e. The van der Waals surface area contributed by atoms with Crippen LogP contribution >= 0.6 is 0 Å². The molecule has 0 aliphatic carbocycles. The lowest BCUT2D eigenvalue weighted by Crippen LogP contribution is -2.08. The smallest absolute Gasteiger partial charge is 0.123 e. The monoisotopic (exact) mass is 270 g/mol. The van der Waals surface area contributed by atoms with Crippen molar-refractivity contribution in [1.29, 1.82) is 5.26 Å². The second-order valence-corrected chi connectivity index (χ2v) is 4.44. The van der Waals surface area contributed by atoms with Gasteiger partial charge in [0, 0.05) is 12.1 Å². The molecule has 3 nitrogen and oxygen atoms in total. The Labute approximate surface area is 117 Å². The molecule has 0 spiro atoms. The fourth-order valence-corrected chi connectivity index (χ4v) is 1.94. The fourth-order valence-electron chi connectivity index (χ4n) is 1.94. The number of nitrogens with zero attached hydrogens (tertiary/aromatic N) is 1. The standard InChI is InChI=1S/C16H15FN2O/c1-11(12-3-6-14(17)7-4-12)19-16-9-15(20-2)8-5-13(16)10-18/h3-9,11,19H,1-2H3. The van der Waals surface area contributed by atoms with Crippen LogP contribution in [0.1, 0.15) is 24.1 Å². The van der Waals surface area contributed by atoms with Gasteiger partial charge in [-0.3, -0.25) is 0 Å². The van der Waals surface area contributed by atoms with Gasteiger partial charge in [-0.15, -0.1) is 0 Å². The number of methoxy groups -OCH3 is 1. The van der Waals surface area contributed by atoms with Crippen molar-refractivity contribution in [2.75, 3.05) is 12.4 Å². The minimum atomic E-state index is -0.264. The van der Waals surface area contributed by atoms with Gasteiger partial charge in [0.05, 0.1) is 18.4 Å². The molecule has 0 amide bonds. The number of nitriles is 1. The molecule has 0 aliphatic rings. The van der Waals surface area contributed by atoms with Crippen LogP contribution in [-0.4, -0.2) is 7.11 Å². The van der Waals surface area contributed by atoms with Crippen molar-refractivity contribution >= 4 is 5.69 Å². The summed E-state index contributed by atoms with van der Waals surface area (Å²) in [7, 11) is 1.58. The van der Waals surface area contributed by atoms with Gasteiger partial charge in [-0.1, -0.05) is 12.1 Å². The second-order valence-electron chi connectivity index (χ2n) is 4.44. The fraction of sp³-hybridized carbons (Fsp3) is 0.188. The summed E-state index contributed by atoms with van der Waals surface area (Å²) in [5, 5.41) is 12.4. The molecule has 2 aromatic rings. The van der Waals surface area contributed by atoms with Crippen LogP contribution < -0.4 is 10.1 Å². The van der Waals surface area contributed by atoms with Crippen molar-refractivity contribution in [2.24, 2.45) is 0 Å². The predicted octanol–water partition coefficient (Wildman–Crippen LogP) is 3.88. The summed E-state index contributed by atoms with van der Waals surface area (Å²) in [5.74, 6) is 0.415. The third-order valence-electron chi connectivity index (χ3n) is 3.09. The first kappa shape index (κ1) is 13.9. The van der Waals surface area contributed by atoms with Crippen molar-refractivity contribution in [3.8, 4) is 11.8 Å². The molecular weight excluding hydrogens is 255 g/mol. The molecule has 0 saturated heterocycles. The average molecular weight is 270 g/mol. The summed E-state index contributed by atoms with van der Waals surface area (Å²) < 4.78 is 18.1. The Morgan fingerprint density at radius 2 is 1.90 bits per heavy atom. The molecule has 0 aromatic heterocycles. The molecular formula is C16H15FN2O. The average Bonchev–Trinajstić information content (AvgIpc) is 2.47. The van der Waals surface area contributed by atoms with Gasteiger partial charge in [0.25, 0.3) is 0 Å². The van der Waals surface area contributed by atoms with Gasteiger partial charge in [0.15, 0.2) is 0 Å². The zero-order valence-corrected chi connectivity index (χ0v) is 11.4. The molecule has 0 saturated carbocycles. The molecule has 0 radical (unpaired) electrons. The SMILES string of the molecule is COc1ccc(C#N)c(NC(C)c2ccc(F)cc2)c1. The van der Waals surface area contributed by atoms with Gasteiger partial charge in [0.2, 0.25) is 0 Å². The Kier molecular flexibility index (Phi) is 4.21. The molecule has 2 rings (SSSR count). The molecule has 20 heavy (non-hydrogen) atoms. The highest BCUT2D eigenvalue weighted by atomic mass is 19.1. The minimum Gasteiger partial charge on any atom is -0.497 e. The van der Waals surface area contributed by atoms with Crippen LogP contribution in [0.25, 0.3) is 0 Å². The molecule has 0 fully saturated rings. The zero-order chi connectivity index (χ0) is 14.5. The molecule has 1 N–H and O–H groups in total.